The number of rotatable bonds is 7. The molecule has 1 aromatic heterocycles. The first kappa shape index (κ1) is 19.2. The highest BCUT2D eigenvalue weighted by Gasteiger charge is 2.14. The lowest BCUT2D eigenvalue weighted by molar-refractivity contribution is -0.119. The molecule has 1 amide bonds. The van der Waals surface area contributed by atoms with Crippen LogP contribution in [0.2, 0.25) is 5.02 Å². The van der Waals surface area contributed by atoms with Crippen LogP contribution >= 0.6 is 23.4 Å². The molecule has 0 aliphatic rings. The van der Waals surface area contributed by atoms with Crippen molar-refractivity contribution in [3.8, 4) is 11.4 Å². The van der Waals surface area contributed by atoms with E-state index < -0.39 is 0 Å². The van der Waals surface area contributed by atoms with E-state index in [1.807, 2.05) is 49.4 Å². The van der Waals surface area contributed by atoms with E-state index in [0.29, 0.717) is 10.2 Å². The minimum absolute atomic E-state index is 0.114. The fourth-order valence-electron chi connectivity index (χ4n) is 2.43. The third kappa shape index (κ3) is 4.99. The molecule has 3 aromatic rings. The molecular formula is C18H18ClN5O2S. The zero-order valence-electron chi connectivity index (χ0n) is 14.8. The Morgan fingerprint density at radius 1 is 1.30 bits per heavy atom. The summed E-state index contributed by atoms with van der Waals surface area (Å²) in [5.41, 5.74) is 1.74. The lowest BCUT2D eigenvalue weighted by Gasteiger charge is -2.14. The molecule has 7 nitrogen and oxygen atoms in total. The van der Waals surface area contributed by atoms with Gasteiger partial charge < -0.3 is 10.1 Å². The average molecular weight is 404 g/mol. The number of carbonyl (C=O) groups is 1. The third-order valence-electron chi connectivity index (χ3n) is 3.82. The van der Waals surface area contributed by atoms with E-state index in [1.165, 1.54) is 11.8 Å². The maximum atomic E-state index is 12.3. The van der Waals surface area contributed by atoms with Gasteiger partial charge >= 0.3 is 0 Å². The monoisotopic (exact) mass is 403 g/mol. The highest BCUT2D eigenvalue weighted by atomic mass is 35.5. The maximum Gasteiger partial charge on any atom is 0.230 e. The summed E-state index contributed by atoms with van der Waals surface area (Å²) < 4.78 is 6.73. The van der Waals surface area contributed by atoms with Crippen LogP contribution in [0.15, 0.2) is 53.7 Å². The second-order valence-corrected chi connectivity index (χ2v) is 7.08. The van der Waals surface area contributed by atoms with Gasteiger partial charge in [0, 0.05) is 5.02 Å². The lowest BCUT2D eigenvalue weighted by atomic mass is 10.1. The summed E-state index contributed by atoms with van der Waals surface area (Å²) >= 11 is 7.26. The van der Waals surface area contributed by atoms with E-state index in [9.17, 15) is 4.79 Å². The Kier molecular flexibility index (Phi) is 6.31. The summed E-state index contributed by atoms with van der Waals surface area (Å²) in [7, 11) is 1.61. The first-order valence-electron chi connectivity index (χ1n) is 8.17. The lowest BCUT2D eigenvalue weighted by Crippen LogP contribution is -2.28. The van der Waals surface area contributed by atoms with Gasteiger partial charge in [-0.3, -0.25) is 4.79 Å². The van der Waals surface area contributed by atoms with E-state index in [2.05, 4.69) is 20.8 Å². The Labute approximate surface area is 166 Å². The number of aromatic nitrogens is 4. The predicted octanol–water partition coefficient (Wildman–Crippen LogP) is 3.29. The Hall–Kier alpha value is -2.58. The van der Waals surface area contributed by atoms with Crippen molar-refractivity contribution in [3.63, 3.8) is 0 Å². The van der Waals surface area contributed by atoms with Gasteiger partial charge in [0.1, 0.15) is 5.75 Å². The molecule has 0 aliphatic heterocycles. The normalized spacial score (nSPS) is 11.8. The molecule has 0 fully saturated rings. The van der Waals surface area contributed by atoms with Crippen LogP contribution < -0.4 is 10.1 Å². The zero-order valence-corrected chi connectivity index (χ0v) is 16.4. The first-order valence-corrected chi connectivity index (χ1v) is 9.53. The Balaban J connectivity index is 1.60. The van der Waals surface area contributed by atoms with Gasteiger partial charge in [0.05, 0.1) is 24.6 Å². The van der Waals surface area contributed by atoms with Crippen molar-refractivity contribution in [2.75, 3.05) is 12.9 Å². The van der Waals surface area contributed by atoms with Crippen LogP contribution in [0.4, 0.5) is 0 Å². The predicted molar refractivity (Wildman–Crippen MR) is 104 cm³/mol. The minimum atomic E-state index is -0.144. The topological polar surface area (TPSA) is 81.9 Å². The van der Waals surface area contributed by atoms with Crippen LogP contribution in [0, 0.1) is 0 Å². The molecule has 0 saturated carbocycles. The van der Waals surface area contributed by atoms with Crippen molar-refractivity contribution in [2.24, 2.45) is 0 Å². The smallest absolute Gasteiger partial charge is 0.230 e. The number of nitrogens with zero attached hydrogens (tertiary/aromatic N) is 4. The van der Waals surface area contributed by atoms with E-state index in [-0.39, 0.29) is 17.7 Å². The molecule has 0 unspecified atom stereocenters. The van der Waals surface area contributed by atoms with Crippen molar-refractivity contribution >= 4 is 29.3 Å². The van der Waals surface area contributed by atoms with E-state index in [0.717, 1.165) is 17.0 Å². The second-order valence-electron chi connectivity index (χ2n) is 5.70. The van der Waals surface area contributed by atoms with E-state index in [1.54, 1.807) is 17.9 Å². The van der Waals surface area contributed by atoms with Crippen LogP contribution in [0.3, 0.4) is 0 Å². The highest BCUT2D eigenvalue weighted by molar-refractivity contribution is 7.99. The van der Waals surface area contributed by atoms with Crippen molar-refractivity contribution in [1.82, 2.24) is 25.5 Å². The maximum absolute atomic E-state index is 12.3. The van der Waals surface area contributed by atoms with Crippen molar-refractivity contribution < 1.29 is 9.53 Å². The molecule has 3 rings (SSSR count). The molecule has 9 heteroatoms. The molecule has 0 bridgehead atoms. The number of thioether (sulfide) groups is 1. The molecule has 0 radical (unpaired) electrons. The Bertz CT molecular complexity index is 916. The Morgan fingerprint density at radius 3 is 2.78 bits per heavy atom. The SMILES string of the molecule is COc1ccc(-n2nnnc2SCC(=O)N[C@@H](C)c2cccc(Cl)c2)cc1. The molecular weight excluding hydrogens is 386 g/mol. The van der Waals surface area contributed by atoms with Crippen LogP contribution in [0.1, 0.15) is 18.5 Å². The van der Waals surface area contributed by atoms with Gasteiger partial charge in [0.15, 0.2) is 0 Å². The number of methoxy groups -OCH3 is 1. The summed E-state index contributed by atoms with van der Waals surface area (Å²) in [6, 6.07) is 14.6. The molecule has 1 N–H and O–H groups in total. The van der Waals surface area contributed by atoms with Gasteiger partial charge in [-0.15, -0.1) is 5.10 Å². The quantitative estimate of drug-likeness (QED) is 0.609. The molecule has 2 aromatic carbocycles. The standard InChI is InChI=1S/C18H18ClN5O2S/c1-12(13-4-3-5-14(19)10-13)20-17(25)11-27-18-21-22-23-24(18)15-6-8-16(26-2)9-7-15/h3-10,12H,11H2,1-2H3,(H,20,25)/t12-/m0/s1. The number of hydrogen-bond donors (Lipinski definition) is 1. The van der Waals surface area contributed by atoms with Crippen LogP contribution in [-0.2, 0) is 4.79 Å². The van der Waals surface area contributed by atoms with Gasteiger partial charge in [-0.1, -0.05) is 35.5 Å². The van der Waals surface area contributed by atoms with Crippen molar-refractivity contribution in [2.45, 2.75) is 18.1 Å². The second kappa shape index (κ2) is 8.88. The number of tetrazole rings is 1. The molecule has 140 valence electrons. The molecule has 0 spiro atoms. The summed E-state index contributed by atoms with van der Waals surface area (Å²) in [5.74, 6) is 0.828. The summed E-state index contributed by atoms with van der Waals surface area (Å²) in [6.45, 7) is 1.91. The summed E-state index contributed by atoms with van der Waals surface area (Å²) in [6.07, 6.45) is 0. The van der Waals surface area contributed by atoms with Gasteiger partial charge in [-0.05, 0) is 59.3 Å². The fourth-order valence-corrected chi connectivity index (χ4v) is 3.33. The van der Waals surface area contributed by atoms with Gasteiger partial charge in [0.25, 0.3) is 0 Å². The Morgan fingerprint density at radius 2 is 2.07 bits per heavy atom. The summed E-state index contributed by atoms with van der Waals surface area (Å²) in [5, 5.41) is 15.8. The van der Waals surface area contributed by atoms with Crippen LogP contribution in [-0.4, -0.2) is 39.0 Å². The van der Waals surface area contributed by atoms with E-state index >= 15 is 0 Å². The number of amides is 1. The molecule has 1 heterocycles. The van der Waals surface area contributed by atoms with E-state index in [4.69, 9.17) is 16.3 Å². The zero-order chi connectivity index (χ0) is 19.2. The number of benzene rings is 2. The largest absolute Gasteiger partial charge is 0.497 e. The fraction of sp³-hybridized carbons (Fsp3) is 0.222. The highest BCUT2D eigenvalue weighted by Crippen LogP contribution is 2.21. The van der Waals surface area contributed by atoms with Crippen LogP contribution in [0.25, 0.3) is 5.69 Å². The molecule has 0 aliphatic carbocycles. The number of carbonyl (C=O) groups excluding carboxylic acids is 1. The number of halogens is 1. The molecule has 1 atom stereocenters. The van der Waals surface area contributed by atoms with Gasteiger partial charge in [0.2, 0.25) is 11.1 Å². The van der Waals surface area contributed by atoms with Gasteiger partial charge in [-0.2, -0.15) is 4.68 Å². The summed E-state index contributed by atoms with van der Waals surface area (Å²) in [4.78, 5) is 12.3. The van der Waals surface area contributed by atoms with Crippen molar-refractivity contribution in [1.29, 1.82) is 0 Å². The van der Waals surface area contributed by atoms with Gasteiger partial charge in [-0.25, -0.2) is 0 Å². The number of nitrogens with one attached hydrogen (secondary N) is 1. The van der Waals surface area contributed by atoms with Crippen LogP contribution in [0.5, 0.6) is 5.75 Å². The third-order valence-corrected chi connectivity index (χ3v) is 4.97. The van der Waals surface area contributed by atoms with Crippen molar-refractivity contribution in [3.05, 3.63) is 59.1 Å². The number of ether oxygens (including phenoxy) is 1. The minimum Gasteiger partial charge on any atom is -0.497 e. The molecule has 27 heavy (non-hydrogen) atoms. The average Bonchev–Trinajstić information content (AvgIpc) is 3.15. The number of hydrogen-bond acceptors (Lipinski definition) is 6. The first-order chi connectivity index (χ1) is 13.1. The molecule has 0 saturated heterocycles.